The van der Waals surface area contributed by atoms with E-state index in [1.54, 1.807) is 4.52 Å². The van der Waals surface area contributed by atoms with Crippen LogP contribution >= 0.6 is 15.9 Å². The molecular formula is C23H21BrN8O. The highest BCUT2D eigenvalue weighted by molar-refractivity contribution is 9.08. The maximum absolute atomic E-state index is 12.0. The lowest BCUT2D eigenvalue weighted by atomic mass is 9.96. The fraction of sp³-hybridized carbons (Fsp3) is 0.217. The number of H-pyrrole nitrogens is 2. The van der Waals surface area contributed by atoms with Crippen molar-refractivity contribution in [3.05, 3.63) is 81.7 Å². The van der Waals surface area contributed by atoms with Crippen LogP contribution in [0.15, 0.2) is 53.3 Å². The third-order valence-corrected chi connectivity index (χ3v) is 6.03. The zero-order valence-electron chi connectivity index (χ0n) is 17.9. The number of aryl methyl sites for hydroxylation is 1. The summed E-state index contributed by atoms with van der Waals surface area (Å²) in [5, 5.41) is 17.7. The van der Waals surface area contributed by atoms with Crippen molar-refractivity contribution in [2.45, 2.75) is 31.5 Å². The third kappa shape index (κ3) is 4.09. The zero-order valence-corrected chi connectivity index (χ0v) is 19.5. The lowest BCUT2D eigenvalue weighted by Crippen LogP contribution is -2.10. The Morgan fingerprint density at radius 1 is 1.03 bits per heavy atom. The number of alkyl halides is 1. The molecule has 0 saturated heterocycles. The second-order valence-corrected chi connectivity index (χ2v) is 8.24. The predicted molar refractivity (Wildman–Crippen MR) is 128 cm³/mol. The molecule has 2 aromatic carbocycles. The molecule has 9 nitrogen and oxygen atoms in total. The van der Waals surface area contributed by atoms with E-state index in [1.165, 1.54) is 0 Å². The van der Waals surface area contributed by atoms with E-state index < -0.39 is 0 Å². The lowest BCUT2D eigenvalue weighted by Gasteiger charge is -2.13. The summed E-state index contributed by atoms with van der Waals surface area (Å²) in [5.41, 5.74) is 6.32. The molecule has 0 unspecified atom stereocenters. The summed E-state index contributed by atoms with van der Waals surface area (Å²) in [6.07, 6.45) is 2.41. The van der Waals surface area contributed by atoms with Gasteiger partial charge in [-0.1, -0.05) is 77.8 Å². The van der Waals surface area contributed by atoms with Gasteiger partial charge in [-0.3, -0.25) is 0 Å². The normalized spacial score (nSPS) is 11.3. The van der Waals surface area contributed by atoms with Gasteiger partial charge in [0.2, 0.25) is 5.82 Å². The second-order valence-electron chi connectivity index (χ2n) is 7.68. The van der Waals surface area contributed by atoms with Crippen molar-refractivity contribution in [2.75, 3.05) is 0 Å². The molecule has 2 N–H and O–H groups in total. The number of hydrogen-bond acceptors (Lipinski definition) is 6. The summed E-state index contributed by atoms with van der Waals surface area (Å²) < 4.78 is 1.68. The van der Waals surface area contributed by atoms with Crippen molar-refractivity contribution in [1.82, 2.24) is 40.2 Å². The highest BCUT2D eigenvalue weighted by Crippen LogP contribution is 2.30. The van der Waals surface area contributed by atoms with Gasteiger partial charge in [0.1, 0.15) is 5.82 Å². The average Bonchev–Trinajstić information content (AvgIpc) is 3.51. The van der Waals surface area contributed by atoms with Gasteiger partial charge in [-0.25, -0.2) is 19.4 Å². The van der Waals surface area contributed by atoms with Gasteiger partial charge in [0.05, 0.1) is 5.33 Å². The Labute approximate surface area is 197 Å². The molecule has 0 aliphatic rings. The van der Waals surface area contributed by atoms with E-state index in [1.807, 2.05) is 24.3 Å². The molecule has 10 heteroatoms. The van der Waals surface area contributed by atoms with Crippen LogP contribution in [0, 0.1) is 0 Å². The van der Waals surface area contributed by atoms with Crippen LogP contribution in [0.1, 0.15) is 36.0 Å². The van der Waals surface area contributed by atoms with Gasteiger partial charge in [0.25, 0.3) is 0 Å². The first-order chi connectivity index (χ1) is 16.2. The van der Waals surface area contributed by atoms with Crippen molar-refractivity contribution >= 4 is 21.6 Å². The van der Waals surface area contributed by atoms with Crippen molar-refractivity contribution < 1.29 is 0 Å². The van der Waals surface area contributed by atoms with Crippen molar-refractivity contribution in [3.8, 4) is 22.5 Å². The SMILES string of the molecule is CCCc1nc(CBr)n2[nH]c(=O)nc2c1Cc1ccc(-c2ccccc2-c2nn[nH]n2)cc1. The molecule has 0 radical (unpaired) electrons. The molecular weight excluding hydrogens is 484 g/mol. The molecule has 33 heavy (non-hydrogen) atoms. The quantitative estimate of drug-likeness (QED) is 0.326. The minimum absolute atomic E-state index is 0.373. The van der Waals surface area contributed by atoms with Gasteiger partial charge >= 0.3 is 5.69 Å². The largest absolute Gasteiger partial charge is 0.362 e. The molecule has 0 fully saturated rings. The van der Waals surface area contributed by atoms with E-state index in [-0.39, 0.29) is 5.69 Å². The molecule has 3 aromatic heterocycles. The fourth-order valence-corrected chi connectivity index (χ4v) is 4.41. The van der Waals surface area contributed by atoms with Crippen LogP contribution < -0.4 is 5.69 Å². The highest BCUT2D eigenvalue weighted by Gasteiger charge is 2.17. The first-order valence-corrected chi connectivity index (χ1v) is 11.8. The minimum Gasteiger partial charge on any atom is -0.244 e. The Morgan fingerprint density at radius 3 is 2.52 bits per heavy atom. The number of aromatic nitrogens is 8. The van der Waals surface area contributed by atoms with Gasteiger partial charge in [0, 0.05) is 23.2 Å². The molecule has 0 aliphatic carbocycles. The van der Waals surface area contributed by atoms with Crippen LogP contribution in [-0.4, -0.2) is 40.2 Å². The Hall–Kier alpha value is -3.66. The number of aromatic amines is 2. The summed E-state index contributed by atoms with van der Waals surface area (Å²) in [5.74, 6) is 1.29. The molecule has 0 amide bonds. The number of fused-ring (bicyclic) bond motifs is 1. The Bertz CT molecular complexity index is 1450. The van der Waals surface area contributed by atoms with E-state index in [9.17, 15) is 4.79 Å². The Morgan fingerprint density at radius 2 is 1.82 bits per heavy atom. The zero-order chi connectivity index (χ0) is 22.8. The number of benzene rings is 2. The summed E-state index contributed by atoms with van der Waals surface area (Å²) in [6.45, 7) is 2.12. The van der Waals surface area contributed by atoms with Gasteiger partial charge < -0.3 is 0 Å². The molecule has 5 rings (SSSR count). The van der Waals surface area contributed by atoms with Crippen LogP contribution in [-0.2, 0) is 18.2 Å². The molecule has 166 valence electrons. The molecule has 5 aromatic rings. The van der Waals surface area contributed by atoms with Crippen LogP contribution in [0.2, 0.25) is 0 Å². The molecule has 0 atom stereocenters. The van der Waals surface area contributed by atoms with Gasteiger partial charge in [-0.15, -0.1) is 10.2 Å². The van der Waals surface area contributed by atoms with E-state index >= 15 is 0 Å². The summed E-state index contributed by atoms with van der Waals surface area (Å²) in [4.78, 5) is 21.1. The van der Waals surface area contributed by atoms with E-state index in [4.69, 9.17) is 4.98 Å². The van der Waals surface area contributed by atoms with Crippen LogP contribution in [0.4, 0.5) is 0 Å². The summed E-state index contributed by atoms with van der Waals surface area (Å²) >= 11 is 3.47. The number of hydrogen-bond donors (Lipinski definition) is 2. The third-order valence-electron chi connectivity index (χ3n) is 5.53. The van der Waals surface area contributed by atoms with E-state index in [2.05, 4.69) is 77.8 Å². The Kier molecular flexibility index (Phi) is 5.82. The standard InChI is InChI=1S/C23H21BrN8O/c1-2-5-19-18(22-26-23(33)29-32(22)20(13-24)25-19)12-14-8-10-15(11-9-14)16-6-3-4-7-17(16)21-27-30-31-28-21/h3-4,6-11H,2,5,12-13H2,1H3,(H,29,33)(H,27,28,30,31). The number of rotatable bonds is 7. The molecule has 0 saturated carbocycles. The molecule has 3 heterocycles. The first-order valence-electron chi connectivity index (χ1n) is 10.7. The number of nitrogens with one attached hydrogen (secondary N) is 2. The number of nitrogens with zero attached hydrogens (tertiary/aromatic N) is 6. The fourth-order valence-electron chi connectivity index (χ4n) is 4.04. The second kappa shape index (κ2) is 9.07. The van der Waals surface area contributed by atoms with E-state index in [0.29, 0.717) is 23.2 Å². The minimum atomic E-state index is -0.373. The molecule has 0 aliphatic heterocycles. The predicted octanol–water partition coefficient (Wildman–Crippen LogP) is 3.70. The topological polar surface area (TPSA) is 118 Å². The average molecular weight is 505 g/mol. The summed E-state index contributed by atoms with van der Waals surface area (Å²) in [6, 6.07) is 16.3. The molecule has 0 bridgehead atoms. The van der Waals surface area contributed by atoms with Crippen LogP contribution in [0.5, 0.6) is 0 Å². The maximum Gasteiger partial charge on any atom is 0.362 e. The highest BCUT2D eigenvalue weighted by atomic mass is 79.9. The maximum atomic E-state index is 12.0. The number of halogens is 1. The van der Waals surface area contributed by atoms with Gasteiger partial charge in [-0.2, -0.15) is 10.2 Å². The smallest absolute Gasteiger partial charge is 0.244 e. The van der Waals surface area contributed by atoms with Crippen LogP contribution in [0.25, 0.3) is 28.2 Å². The monoisotopic (exact) mass is 504 g/mol. The summed E-state index contributed by atoms with van der Waals surface area (Å²) in [7, 11) is 0. The lowest BCUT2D eigenvalue weighted by molar-refractivity contribution is 0.784. The van der Waals surface area contributed by atoms with Gasteiger partial charge in [0.15, 0.2) is 5.65 Å². The van der Waals surface area contributed by atoms with Crippen LogP contribution in [0.3, 0.4) is 0 Å². The van der Waals surface area contributed by atoms with E-state index in [0.717, 1.165) is 52.2 Å². The van der Waals surface area contributed by atoms with Gasteiger partial charge in [-0.05, 0) is 28.3 Å². The van der Waals surface area contributed by atoms with Crippen molar-refractivity contribution in [2.24, 2.45) is 0 Å². The molecule has 0 spiro atoms. The van der Waals surface area contributed by atoms with Crippen molar-refractivity contribution in [3.63, 3.8) is 0 Å². The first kappa shape index (κ1) is 21.2. The van der Waals surface area contributed by atoms with Crippen molar-refractivity contribution in [1.29, 1.82) is 0 Å². The Balaban J connectivity index is 1.52. The number of tetrazole rings is 1.